The first kappa shape index (κ1) is 19.1. The first-order chi connectivity index (χ1) is 10.5. The fraction of sp³-hybridized carbons (Fsp3) is 1.00. The van der Waals surface area contributed by atoms with Crippen LogP contribution in [0.5, 0.6) is 0 Å². The molecular formula is C12H26BN3O6S. The van der Waals surface area contributed by atoms with Crippen LogP contribution in [0.3, 0.4) is 0 Å². The lowest BCUT2D eigenvalue weighted by atomic mass is 9.79. The Balaban J connectivity index is 1.89. The minimum Gasteiger partial charge on any atom is -0.427 e. The summed E-state index contributed by atoms with van der Waals surface area (Å²) in [5.41, 5.74) is 10.7. The van der Waals surface area contributed by atoms with Gasteiger partial charge in [-0.25, -0.2) is 0 Å². The molecule has 0 aromatic rings. The number of hydrogen-bond donors (Lipinski definition) is 4. The Morgan fingerprint density at radius 2 is 2.04 bits per heavy atom. The Hall–Kier alpha value is -0.265. The van der Waals surface area contributed by atoms with Crippen molar-refractivity contribution in [1.82, 2.24) is 4.31 Å². The van der Waals surface area contributed by atoms with Gasteiger partial charge < -0.3 is 26.3 Å². The highest BCUT2D eigenvalue weighted by atomic mass is 32.2. The molecule has 0 aromatic carbocycles. The van der Waals surface area contributed by atoms with Gasteiger partial charge in [0.15, 0.2) is 0 Å². The lowest BCUT2D eigenvalue weighted by Crippen LogP contribution is -2.61. The molecular weight excluding hydrogens is 325 g/mol. The molecule has 0 aliphatic carbocycles. The summed E-state index contributed by atoms with van der Waals surface area (Å²) < 4.78 is 35.9. The molecule has 11 heteroatoms. The van der Waals surface area contributed by atoms with Crippen LogP contribution in [0.4, 0.5) is 0 Å². The van der Waals surface area contributed by atoms with Crippen molar-refractivity contribution in [1.29, 1.82) is 0 Å². The quantitative estimate of drug-likeness (QED) is 0.363. The van der Waals surface area contributed by atoms with E-state index in [1.807, 2.05) is 0 Å². The third-order valence-electron chi connectivity index (χ3n) is 4.48. The van der Waals surface area contributed by atoms with Crippen molar-refractivity contribution in [3.63, 3.8) is 0 Å². The van der Waals surface area contributed by atoms with Crippen LogP contribution in [-0.4, -0.2) is 73.9 Å². The molecule has 2 saturated heterocycles. The van der Waals surface area contributed by atoms with Crippen LogP contribution in [0.1, 0.15) is 19.8 Å². The highest BCUT2D eigenvalue weighted by Gasteiger charge is 2.45. The summed E-state index contributed by atoms with van der Waals surface area (Å²) in [6, 6.07) is 0. The molecule has 0 aromatic heterocycles. The molecule has 0 radical (unpaired) electrons. The van der Waals surface area contributed by atoms with E-state index in [-0.39, 0.29) is 45.1 Å². The fourth-order valence-electron chi connectivity index (χ4n) is 2.88. The van der Waals surface area contributed by atoms with Gasteiger partial charge in [-0.2, -0.15) is 12.7 Å². The Bertz CT molecular complexity index is 511. The largest absolute Gasteiger partial charge is 0.451 e. The van der Waals surface area contributed by atoms with Gasteiger partial charge in [0, 0.05) is 18.6 Å². The monoisotopic (exact) mass is 351 g/mol. The summed E-state index contributed by atoms with van der Waals surface area (Å²) in [6.45, 7) is 2.66. The maximum absolute atomic E-state index is 12.3. The number of hydrogen-bond acceptors (Lipinski definition) is 8. The molecule has 23 heavy (non-hydrogen) atoms. The summed E-state index contributed by atoms with van der Waals surface area (Å²) in [7, 11) is -5.25. The summed E-state index contributed by atoms with van der Waals surface area (Å²) >= 11 is 0. The van der Waals surface area contributed by atoms with Crippen LogP contribution < -0.4 is 11.5 Å². The second kappa shape index (κ2) is 6.92. The predicted octanol–water partition coefficient (Wildman–Crippen LogP) is -2.12. The van der Waals surface area contributed by atoms with E-state index in [0.717, 1.165) is 0 Å². The van der Waals surface area contributed by atoms with Crippen LogP contribution >= 0.6 is 0 Å². The van der Waals surface area contributed by atoms with Crippen LogP contribution in [0, 0.1) is 5.92 Å². The fourth-order valence-corrected chi connectivity index (χ4v) is 4.21. The van der Waals surface area contributed by atoms with Crippen LogP contribution in [0.2, 0.25) is 6.32 Å². The third kappa shape index (κ3) is 4.86. The number of rotatable bonds is 8. The smallest absolute Gasteiger partial charge is 0.427 e. The van der Waals surface area contributed by atoms with E-state index in [0.29, 0.717) is 12.8 Å². The van der Waals surface area contributed by atoms with Gasteiger partial charge in [-0.1, -0.05) is 6.42 Å². The Kier molecular flexibility index (Phi) is 5.74. The molecule has 0 spiro atoms. The SMILES string of the molecule is C[C@]1(N)CN(S(=O)(=O)OCC2(N)COC2)C[C@@H]1CCCB(O)O. The van der Waals surface area contributed by atoms with Crippen molar-refractivity contribution < 1.29 is 27.4 Å². The molecule has 2 atom stereocenters. The third-order valence-corrected chi connectivity index (χ3v) is 5.81. The first-order valence-corrected chi connectivity index (χ1v) is 9.07. The van der Waals surface area contributed by atoms with Gasteiger partial charge in [0.2, 0.25) is 0 Å². The zero-order chi connectivity index (χ0) is 17.3. The Labute approximate surface area is 137 Å². The lowest BCUT2D eigenvalue weighted by molar-refractivity contribution is -0.0721. The lowest BCUT2D eigenvalue weighted by Gasteiger charge is -2.37. The topological polar surface area (TPSA) is 148 Å². The molecule has 9 nitrogen and oxygen atoms in total. The van der Waals surface area contributed by atoms with E-state index in [4.69, 9.17) is 30.4 Å². The Morgan fingerprint density at radius 3 is 2.57 bits per heavy atom. The van der Waals surface area contributed by atoms with Crippen molar-refractivity contribution in [2.45, 2.75) is 37.2 Å². The highest BCUT2D eigenvalue weighted by molar-refractivity contribution is 7.84. The second-order valence-electron chi connectivity index (χ2n) is 6.98. The molecule has 2 heterocycles. The van der Waals surface area contributed by atoms with E-state index in [1.165, 1.54) is 4.31 Å². The molecule has 2 rings (SSSR count). The van der Waals surface area contributed by atoms with Crippen molar-refractivity contribution in [2.75, 3.05) is 32.9 Å². The maximum atomic E-state index is 12.3. The highest BCUT2D eigenvalue weighted by Crippen LogP contribution is 2.32. The van der Waals surface area contributed by atoms with Gasteiger partial charge in [0.25, 0.3) is 0 Å². The normalized spacial score (nSPS) is 31.1. The van der Waals surface area contributed by atoms with Crippen molar-refractivity contribution >= 4 is 17.4 Å². The van der Waals surface area contributed by atoms with Gasteiger partial charge in [0.05, 0.1) is 25.4 Å². The van der Waals surface area contributed by atoms with Crippen LogP contribution in [0.25, 0.3) is 0 Å². The van der Waals surface area contributed by atoms with Gasteiger partial charge in [-0.3, -0.25) is 4.18 Å². The van der Waals surface area contributed by atoms with E-state index >= 15 is 0 Å². The molecule has 0 amide bonds. The average molecular weight is 351 g/mol. The minimum atomic E-state index is -3.90. The zero-order valence-electron chi connectivity index (χ0n) is 13.3. The van der Waals surface area contributed by atoms with Crippen molar-refractivity contribution in [3.05, 3.63) is 0 Å². The number of ether oxygens (including phenoxy) is 1. The molecule has 134 valence electrons. The number of nitrogens with zero attached hydrogens (tertiary/aromatic N) is 1. The van der Waals surface area contributed by atoms with Crippen LogP contribution in [-0.2, 0) is 19.2 Å². The van der Waals surface area contributed by atoms with Crippen molar-refractivity contribution in [2.24, 2.45) is 17.4 Å². The van der Waals surface area contributed by atoms with Crippen molar-refractivity contribution in [3.8, 4) is 0 Å². The molecule has 0 saturated carbocycles. The molecule has 0 bridgehead atoms. The summed E-state index contributed by atoms with van der Waals surface area (Å²) in [5.74, 6) is -0.0708. The molecule has 2 fully saturated rings. The molecule has 6 N–H and O–H groups in total. The summed E-state index contributed by atoms with van der Waals surface area (Å²) in [5, 5.41) is 17.8. The second-order valence-corrected chi connectivity index (χ2v) is 8.59. The Morgan fingerprint density at radius 1 is 1.39 bits per heavy atom. The van der Waals surface area contributed by atoms with E-state index in [1.54, 1.807) is 6.92 Å². The van der Waals surface area contributed by atoms with Crippen LogP contribution in [0.15, 0.2) is 0 Å². The van der Waals surface area contributed by atoms with E-state index < -0.39 is 28.5 Å². The summed E-state index contributed by atoms with van der Waals surface area (Å²) in [6.07, 6.45) is 1.42. The van der Waals surface area contributed by atoms with E-state index in [2.05, 4.69) is 0 Å². The van der Waals surface area contributed by atoms with Gasteiger partial charge in [-0.15, -0.1) is 0 Å². The van der Waals surface area contributed by atoms with Gasteiger partial charge in [-0.05, 0) is 25.6 Å². The predicted molar refractivity (Wildman–Crippen MR) is 84.5 cm³/mol. The average Bonchev–Trinajstić information content (AvgIpc) is 2.70. The number of nitrogens with two attached hydrogens (primary N) is 2. The minimum absolute atomic E-state index is 0.0708. The van der Waals surface area contributed by atoms with Gasteiger partial charge in [0.1, 0.15) is 0 Å². The van der Waals surface area contributed by atoms with Gasteiger partial charge >= 0.3 is 17.4 Å². The standard InChI is InChI=1S/C12H26BN3O6S/c1-11(14)6-16(5-10(11)3-2-4-13(17)18)23(19,20)22-9-12(15)7-21-8-12/h10,17-18H,2-9,14-15H2,1H3/t10-,11-/m0/s1. The zero-order valence-corrected chi connectivity index (χ0v) is 14.2. The maximum Gasteiger partial charge on any atom is 0.451 e. The van der Waals surface area contributed by atoms with E-state index in [9.17, 15) is 8.42 Å². The molecule has 2 aliphatic rings. The molecule has 2 aliphatic heterocycles. The molecule has 0 unspecified atom stereocenters. The summed E-state index contributed by atoms with van der Waals surface area (Å²) in [4.78, 5) is 0. The first-order valence-electron chi connectivity index (χ1n) is 7.70.